The van der Waals surface area contributed by atoms with E-state index >= 15 is 0 Å². The number of hydrogen-bond donors (Lipinski definition) is 1. The number of ether oxygens (including phenoxy) is 2. The molecule has 0 spiro atoms. The van der Waals surface area contributed by atoms with E-state index in [1.807, 2.05) is 56.3 Å². The predicted molar refractivity (Wildman–Crippen MR) is 99.7 cm³/mol. The number of aromatic nitrogens is 1. The lowest BCUT2D eigenvalue weighted by Crippen LogP contribution is -2.04. The van der Waals surface area contributed by atoms with E-state index in [-0.39, 0.29) is 6.04 Å². The van der Waals surface area contributed by atoms with Crippen LogP contribution in [0.5, 0.6) is 17.4 Å². The molecule has 3 rings (SSSR count). The Bertz CT molecular complexity index is 865. The fourth-order valence-electron chi connectivity index (χ4n) is 2.40. The van der Waals surface area contributed by atoms with Crippen LogP contribution in [-0.4, -0.2) is 11.6 Å². The molecule has 3 aromatic rings. The number of benzene rings is 2. The number of fused-ring (bicyclic) bond motifs is 1. The molecular weight excluding hydrogens is 368 g/mol. The molecule has 0 aliphatic rings. The van der Waals surface area contributed by atoms with Crippen molar-refractivity contribution in [2.45, 2.75) is 19.9 Å². The van der Waals surface area contributed by atoms with Crippen molar-refractivity contribution >= 4 is 26.8 Å². The third kappa shape index (κ3) is 3.68. The number of hydrogen-bond acceptors (Lipinski definition) is 4. The molecule has 0 amide bonds. The average Bonchev–Trinajstić information content (AvgIpc) is 2.57. The molecule has 5 heteroatoms. The van der Waals surface area contributed by atoms with Gasteiger partial charge in [-0.25, -0.2) is 4.98 Å². The Kier molecular flexibility index (Phi) is 5.02. The van der Waals surface area contributed by atoms with Crippen molar-refractivity contribution in [1.82, 2.24) is 4.98 Å². The van der Waals surface area contributed by atoms with Crippen LogP contribution >= 0.6 is 15.9 Å². The molecule has 124 valence electrons. The van der Waals surface area contributed by atoms with Gasteiger partial charge in [-0.1, -0.05) is 6.07 Å². The Labute approximate surface area is 149 Å². The van der Waals surface area contributed by atoms with E-state index in [2.05, 4.69) is 27.0 Å². The molecule has 0 radical (unpaired) electrons. The zero-order valence-electron chi connectivity index (χ0n) is 13.6. The monoisotopic (exact) mass is 386 g/mol. The van der Waals surface area contributed by atoms with Crippen LogP contribution < -0.4 is 15.2 Å². The van der Waals surface area contributed by atoms with E-state index in [4.69, 9.17) is 15.2 Å². The van der Waals surface area contributed by atoms with E-state index in [0.717, 1.165) is 26.7 Å². The van der Waals surface area contributed by atoms with Crippen molar-refractivity contribution in [1.29, 1.82) is 0 Å². The maximum Gasteiger partial charge on any atom is 0.219 e. The highest BCUT2D eigenvalue weighted by Gasteiger charge is 2.07. The summed E-state index contributed by atoms with van der Waals surface area (Å²) in [6.45, 7) is 4.54. The van der Waals surface area contributed by atoms with Crippen LogP contribution in [0.2, 0.25) is 0 Å². The average molecular weight is 387 g/mol. The maximum absolute atomic E-state index is 5.92. The van der Waals surface area contributed by atoms with Gasteiger partial charge in [0.2, 0.25) is 5.88 Å². The molecule has 1 unspecified atom stereocenters. The summed E-state index contributed by atoms with van der Waals surface area (Å²) in [4.78, 5) is 4.55. The van der Waals surface area contributed by atoms with Crippen molar-refractivity contribution in [2.24, 2.45) is 5.73 Å². The molecule has 2 N–H and O–H groups in total. The van der Waals surface area contributed by atoms with Crippen molar-refractivity contribution < 1.29 is 9.47 Å². The van der Waals surface area contributed by atoms with Crippen LogP contribution in [0.3, 0.4) is 0 Å². The van der Waals surface area contributed by atoms with Crippen LogP contribution in [0.1, 0.15) is 25.5 Å². The zero-order chi connectivity index (χ0) is 17.1. The van der Waals surface area contributed by atoms with Gasteiger partial charge in [0.1, 0.15) is 11.5 Å². The second-order valence-corrected chi connectivity index (χ2v) is 6.37. The number of halogens is 1. The Morgan fingerprint density at radius 3 is 2.67 bits per heavy atom. The Hall–Kier alpha value is -2.11. The smallest absolute Gasteiger partial charge is 0.219 e. The molecule has 2 aromatic carbocycles. The van der Waals surface area contributed by atoms with Crippen molar-refractivity contribution in [3.8, 4) is 17.4 Å². The Morgan fingerprint density at radius 1 is 1.12 bits per heavy atom. The molecule has 0 saturated heterocycles. The number of nitrogens with zero attached hydrogens (tertiary/aromatic N) is 1. The van der Waals surface area contributed by atoms with E-state index in [1.165, 1.54) is 0 Å². The third-order valence-electron chi connectivity index (χ3n) is 3.64. The largest absolute Gasteiger partial charge is 0.493 e. The van der Waals surface area contributed by atoms with Crippen LogP contribution in [0.4, 0.5) is 0 Å². The minimum Gasteiger partial charge on any atom is -0.493 e. The SMILES string of the molecule is CCOc1ccc(Oc2ccc3cc(C(C)N)ccc3n2)cc1Br. The van der Waals surface area contributed by atoms with Gasteiger partial charge in [-0.3, -0.25) is 0 Å². The molecule has 0 bridgehead atoms. The highest BCUT2D eigenvalue weighted by molar-refractivity contribution is 9.10. The molecule has 4 nitrogen and oxygen atoms in total. The van der Waals surface area contributed by atoms with Gasteiger partial charge in [-0.05, 0) is 71.7 Å². The van der Waals surface area contributed by atoms with Gasteiger partial charge >= 0.3 is 0 Å². The summed E-state index contributed by atoms with van der Waals surface area (Å²) < 4.78 is 12.2. The van der Waals surface area contributed by atoms with Crippen LogP contribution in [-0.2, 0) is 0 Å². The lowest BCUT2D eigenvalue weighted by molar-refractivity contribution is 0.337. The Morgan fingerprint density at radius 2 is 1.96 bits per heavy atom. The van der Waals surface area contributed by atoms with Crippen molar-refractivity contribution in [3.63, 3.8) is 0 Å². The molecule has 0 saturated carbocycles. The molecule has 1 heterocycles. The normalized spacial score (nSPS) is 12.2. The summed E-state index contributed by atoms with van der Waals surface area (Å²) >= 11 is 3.49. The van der Waals surface area contributed by atoms with Crippen LogP contribution in [0, 0.1) is 0 Å². The van der Waals surface area contributed by atoms with E-state index < -0.39 is 0 Å². The molecular formula is C19H19BrN2O2. The third-order valence-corrected chi connectivity index (χ3v) is 4.26. The fourth-order valence-corrected chi connectivity index (χ4v) is 2.88. The maximum atomic E-state index is 5.92. The van der Waals surface area contributed by atoms with Gasteiger partial charge < -0.3 is 15.2 Å². The molecule has 1 aromatic heterocycles. The molecule has 0 fully saturated rings. The van der Waals surface area contributed by atoms with Gasteiger partial charge in [0.15, 0.2) is 0 Å². The second-order valence-electron chi connectivity index (χ2n) is 5.52. The number of rotatable bonds is 5. The summed E-state index contributed by atoms with van der Waals surface area (Å²) in [7, 11) is 0. The first-order valence-corrected chi connectivity index (χ1v) is 8.62. The van der Waals surface area contributed by atoms with Crippen molar-refractivity contribution in [2.75, 3.05) is 6.61 Å². The first-order chi connectivity index (χ1) is 11.6. The number of pyridine rings is 1. The van der Waals surface area contributed by atoms with Crippen molar-refractivity contribution in [3.05, 3.63) is 58.6 Å². The molecule has 1 atom stereocenters. The fraction of sp³-hybridized carbons (Fsp3) is 0.211. The lowest BCUT2D eigenvalue weighted by Gasteiger charge is -2.10. The standard InChI is InChI=1S/C19H19BrN2O2/c1-3-23-18-8-6-15(11-16(18)20)24-19-9-5-14-10-13(12(2)21)4-7-17(14)22-19/h4-12H,3,21H2,1-2H3. The molecule has 0 aliphatic heterocycles. The van der Waals surface area contributed by atoms with Crippen LogP contribution in [0.15, 0.2) is 53.0 Å². The summed E-state index contributed by atoms with van der Waals surface area (Å²) in [5.41, 5.74) is 7.89. The first-order valence-electron chi connectivity index (χ1n) is 7.83. The molecule has 24 heavy (non-hydrogen) atoms. The summed E-state index contributed by atoms with van der Waals surface area (Å²) in [5.74, 6) is 2.04. The quantitative estimate of drug-likeness (QED) is 0.653. The summed E-state index contributed by atoms with van der Waals surface area (Å²) in [6.07, 6.45) is 0. The van der Waals surface area contributed by atoms with Gasteiger partial charge in [-0.2, -0.15) is 0 Å². The van der Waals surface area contributed by atoms with Gasteiger partial charge in [0.05, 0.1) is 16.6 Å². The molecule has 0 aliphatic carbocycles. The van der Waals surface area contributed by atoms with Crippen LogP contribution in [0.25, 0.3) is 10.9 Å². The summed E-state index contributed by atoms with van der Waals surface area (Å²) in [6, 6.07) is 15.5. The minimum absolute atomic E-state index is 0.00605. The van der Waals surface area contributed by atoms with E-state index in [9.17, 15) is 0 Å². The topological polar surface area (TPSA) is 57.4 Å². The van der Waals surface area contributed by atoms with Gasteiger partial charge in [0, 0.05) is 17.5 Å². The van der Waals surface area contributed by atoms with E-state index in [0.29, 0.717) is 18.2 Å². The second kappa shape index (κ2) is 7.20. The highest BCUT2D eigenvalue weighted by Crippen LogP contribution is 2.31. The van der Waals surface area contributed by atoms with Gasteiger partial charge in [-0.15, -0.1) is 0 Å². The van der Waals surface area contributed by atoms with E-state index in [1.54, 1.807) is 0 Å². The predicted octanol–water partition coefficient (Wildman–Crippen LogP) is 5.21. The zero-order valence-corrected chi connectivity index (χ0v) is 15.2. The van der Waals surface area contributed by atoms with Gasteiger partial charge in [0.25, 0.3) is 0 Å². The minimum atomic E-state index is 0.00605. The first kappa shape index (κ1) is 16.7. The summed E-state index contributed by atoms with van der Waals surface area (Å²) in [5, 5.41) is 1.05. The number of nitrogens with two attached hydrogens (primary N) is 1. The Balaban J connectivity index is 1.85. The highest BCUT2D eigenvalue weighted by atomic mass is 79.9. The lowest BCUT2D eigenvalue weighted by atomic mass is 10.1.